The number of rotatable bonds is 14. The van der Waals surface area contributed by atoms with Gasteiger partial charge < -0.3 is 26.0 Å². The molecule has 1 fully saturated rings. The van der Waals surface area contributed by atoms with Gasteiger partial charge in [0, 0.05) is 6.54 Å². The molecule has 0 aromatic heterocycles. The molecule has 0 aliphatic carbocycles. The van der Waals surface area contributed by atoms with E-state index in [1.54, 1.807) is 0 Å². The Bertz CT molecular complexity index is 1160. The number of hydrogen-bond donors (Lipinski definition) is 5. The second-order valence-electron chi connectivity index (χ2n) is 11.4. The molecular formula is C35H46N2O4. The number of nitrogens with one attached hydrogen (secondary N) is 2. The minimum absolute atomic E-state index is 0.0110. The van der Waals surface area contributed by atoms with Crippen molar-refractivity contribution >= 4 is 5.91 Å². The number of piperidine rings is 1. The summed E-state index contributed by atoms with van der Waals surface area (Å²) < 4.78 is 0. The molecule has 3 unspecified atom stereocenters. The maximum absolute atomic E-state index is 13.3. The van der Waals surface area contributed by atoms with E-state index in [0.717, 1.165) is 29.5 Å². The van der Waals surface area contributed by atoms with E-state index in [0.29, 0.717) is 38.8 Å². The summed E-state index contributed by atoms with van der Waals surface area (Å²) in [5, 5.41) is 39.5. The summed E-state index contributed by atoms with van der Waals surface area (Å²) in [4.78, 5) is 13.3. The van der Waals surface area contributed by atoms with Gasteiger partial charge in [0.15, 0.2) is 0 Å². The molecule has 1 aliphatic rings. The largest absolute Gasteiger partial charge is 0.388 e. The van der Waals surface area contributed by atoms with Crippen LogP contribution in [0.3, 0.4) is 0 Å². The first-order valence-electron chi connectivity index (χ1n) is 15.2. The molecule has 7 atom stereocenters. The van der Waals surface area contributed by atoms with Gasteiger partial charge in [0.1, 0.15) is 0 Å². The lowest BCUT2D eigenvalue weighted by molar-refractivity contribution is -0.127. The van der Waals surface area contributed by atoms with E-state index in [4.69, 9.17) is 0 Å². The van der Waals surface area contributed by atoms with Crippen LogP contribution >= 0.6 is 0 Å². The Morgan fingerprint density at radius 3 is 1.56 bits per heavy atom. The molecule has 1 aliphatic heterocycles. The fraction of sp³-hybridized carbons (Fsp3) is 0.457. The number of aliphatic hydroxyl groups excluding tert-OH is 3. The van der Waals surface area contributed by atoms with E-state index in [1.807, 2.05) is 97.9 Å². The summed E-state index contributed by atoms with van der Waals surface area (Å²) in [5.41, 5.74) is 2.69. The third-order valence-corrected chi connectivity index (χ3v) is 8.73. The van der Waals surface area contributed by atoms with Crippen LogP contribution in [0.4, 0.5) is 0 Å². The van der Waals surface area contributed by atoms with Crippen molar-refractivity contribution in [1.82, 2.24) is 10.6 Å². The predicted molar refractivity (Wildman–Crippen MR) is 163 cm³/mol. The lowest BCUT2D eigenvalue weighted by atomic mass is 9.68. The number of carbonyl (C=O) groups is 1. The molecule has 0 saturated carbocycles. The number of aliphatic hydroxyl groups is 3. The average molecular weight is 559 g/mol. The van der Waals surface area contributed by atoms with Crippen molar-refractivity contribution in [2.75, 3.05) is 13.1 Å². The Morgan fingerprint density at radius 2 is 1.12 bits per heavy atom. The van der Waals surface area contributed by atoms with Crippen molar-refractivity contribution in [2.45, 2.75) is 69.8 Å². The van der Waals surface area contributed by atoms with Crippen LogP contribution in [-0.4, -0.2) is 40.4 Å². The van der Waals surface area contributed by atoms with E-state index in [2.05, 4.69) is 10.6 Å². The molecule has 5 N–H and O–H groups in total. The molecule has 1 amide bonds. The molecule has 220 valence electrons. The second-order valence-corrected chi connectivity index (χ2v) is 11.4. The highest BCUT2D eigenvalue weighted by Gasteiger charge is 2.42. The van der Waals surface area contributed by atoms with Gasteiger partial charge in [-0.05, 0) is 86.4 Å². The summed E-state index contributed by atoms with van der Waals surface area (Å²) >= 11 is 0. The number of amides is 1. The maximum Gasteiger partial charge on any atom is 0.237 e. The quantitative estimate of drug-likeness (QED) is 0.180. The van der Waals surface area contributed by atoms with Gasteiger partial charge in [-0.2, -0.15) is 0 Å². The Hall–Kier alpha value is -3.03. The minimum atomic E-state index is -0.609. The van der Waals surface area contributed by atoms with E-state index in [9.17, 15) is 20.1 Å². The van der Waals surface area contributed by atoms with Crippen molar-refractivity contribution in [2.24, 2.45) is 17.8 Å². The summed E-state index contributed by atoms with van der Waals surface area (Å²) in [6.07, 6.45) is 2.25. The average Bonchev–Trinajstić information content (AvgIpc) is 3.02. The minimum Gasteiger partial charge on any atom is -0.388 e. The summed E-state index contributed by atoms with van der Waals surface area (Å²) in [7, 11) is 0. The number of hydrogen-bond acceptors (Lipinski definition) is 5. The maximum atomic E-state index is 13.3. The first-order chi connectivity index (χ1) is 20.0. The third-order valence-electron chi connectivity index (χ3n) is 8.73. The number of benzene rings is 3. The van der Waals surface area contributed by atoms with Crippen LogP contribution in [-0.2, 0) is 4.79 Å². The van der Waals surface area contributed by atoms with Gasteiger partial charge in [-0.15, -0.1) is 0 Å². The SMILES string of the molecule is CCNC(=O)[C@H]1NC[C@H](CCC(O)c2ccccc2)[C@H](CCC(O)c2ccccc2)[C@H]1CCC(O)c1ccccc1. The molecule has 6 heteroatoms. The molecule has 3 aromatic rings. The van der Waals surface area contributed by atoms with Crippen molar-refractivity contribution in [1.29, 1.82) is 0 Å². The van der Waals surface area contributed by atoms with Crippen LogP contribution in [0.2, 0.25) is 0 Å². The molecule has 1 heterocycles. The molecule has 6 nitrogen and oxygen atoms in total. The van der Waals surface area contributed by atoms with Crippen molar-refractivity contribution in [3.63, 3.8) is 0 Å². The zero-order chi connectivity index (χ0) is 29.0. The molecule has 0 spiro atoms. The Balaban J connectivity index is 1.54. The third kappa shape index (κ3) is 8.73. The van der Waals surface area contributed by atoms with Gasteiger partial charge in [-0.3, -0.25) is 4.79 Å². The zero-order valence-corrected chi connectivity index (χ0v) is 24.1. The Labute approximate surface area is 244 Å². The van der Waals surface area contributed by atoms with Crippen molar-refractivity contribution in [3.8, 4) is 0 Å². The van der Waals surface area contributed by atoms with Crippen LogP contribution in [0.15, 0.2) is 91.0 Å². The van der Waals surface area contributed by atoms with Crippen molar-refractivity contribution in [3.05, 3.63) is 108 Å². The molecule has 41 heavy (non-hydrogen) atoms. The first kappa shape index (κ1) is 30.9. The van der Waals surface area contributed by atoms with Gasteiger partial charge in [0.25, 0.3) is 0 Å². The zero-order valence-electron chi connectivity index (χ0n) is 24.1. The lowest BCUT2D eigenvalue weighted by Gasteiger charge is -2.44. The van der Waals surface area contributed by atoms with Gasteiger partial charge in [-0.25, -0.2) is 0 Å². The Morgan fingerprint density at radius 1 is 0.707 bits per heavy atom. The van der Waals surface area contributed by atoms with Crippen LogP contribution in [0.1, 0.15) is 80.5 Å². The van der Waals surface area contributed by atoms with E-state index < -0.39 is 18.3 Å². The van der Waals surface area contributed by atoms with Crippen LogP contribution in [0, 0.1) is 17.8 Å². The predicted octanol–water partition coefficient (Wildman–Crippen LogP) is 5.48. The highest BCUT2D eigenvalue weighted by molar-refractivity contribution is 5.82. The van der Waals surface area contributed by atoms with Gasteiger partial charge in [0.05, 0.1) is 24.4 Å². The van der Waals surface area contributed by atoms with Crippen LogP contribution < -0.4 is 10.6 Å². The summed E-state index contributed by atoms with van der Waals surface area (Å²) in [6.45, 7) is 3.16. The highest BCUT2D eigenvalue weighted by atomic mass is 16.3. The number of carbonyl (C=O) groups excluding carboxylic acids is 1. The molecule has 0 radical (unpaired) electrons. The molecular weight excluding hydrogens is 512 g/mol. The molecule has 4 rings (SSSR count). The normalized spacial score (nSPS) is 22.9. The van der Waals surface area contributed by atoms with Crippen molar-refractivity contribution < 1.29 is 20.1 Å². The second kappa shape index (κ2) is 15.8. The lowest BCUT2D eigenvalue weighted by Crippen LogP contribution is -2.57. The summed E-state index contributed by atoms with van der Waals surface area (Å²) in [6, 6.07) is 28.8. The van der Waals surface area contributed by atoms with E-state index >= 15 is 0 Å². The van der Waals surface area contributed by atoms with Crippen LogP contribution in [0.25, 0.3) is 0 Å². The van der Waals surface area contributed by atoms with Gasteiger partial charge >= 0.3 is 0 Å². The fourth-order valence-electron chi connectivity index (χ4n) is 6.49. The van der Waals surface area contributed by atoms with E-state index in [-0.39, 0.29) is 29.7 Å². The fourth-order valence-corrected chi connectivity index (χ4v) is 6.49. The first-order valence-corrected chi connectivity index (χ1v) is 15.2. The van der Waals surface area contributed by atoms with E-state index in [1.165, 1.54) is 0 Å². The monoisotopic (exact) mass is 558 g/mol. The molecule has 3 aromatic carbocycles. The number of likely N-dealkylation sites (N-methyl/N-ethyl adjacent to an activating group) is 1. The highest BCUT2D eigenvalue weighted by Crippen LogP contribution is 2.41. The standard InChI is InChI=1S/C35H46N2O4/c1-2-36-35(41)34-30(20-23-33(40)27-16-10-5-11-17-27)29(19-22-32(39)26-14-8-4-9-15-26)28(24-37-34)18-21-31(38)25-12-6-3-7-13-25/h3-17,28-34,37-40H,2,18-24H2,1H3,(H,36,41)/t28-,29-,30+,31?,32?,33?,34-/m0/s1. The molecule has 1 saturated heterocycles. The van der Waals surface area contributed by atoms with Crippen LogP contribution in [0.5, 0.6) is 0 Å². The smallest absolute Gasteiger partial charge is 0.237 e. The topological polar surface area (TPSA) is 102 Å². The summed E-state index contributed by atoms with van der Waals surface area (Å²) in [5.74, 6) is 0.340. The van der Waals surface area contributed by atoms with Gasteiger partial charge in [0.2, 0.25) is 5.91 Å². The van der Waals surface area contributed by atoms with Gasteiger partial charge in [-0.1, -0.05) is 91.0 Å². The Kier molecular flexibility index (Phi) is 11.9. The molecule has 0 bridgehead atoms.